The molecule has 0 saturated carbocycles. The minimum absolute atomic E-state index is 0.496. The highest BCUT2D eigenvalue weighted by atomic mass is 32.2. The van der Waals surface area contributed by atoms with Crippen molar-refractivity contribution >= 4 is 11.8 Å². The minimum Gasteiger partial charge on any atom is -0.496 e. The first-order chi connectivity index (χ1) is 7.17. The summed E-state index contributed by atoms with van der Waals surface area (Å²) in [4.78, 5) is 0. The van der Waals surface area contributed by atoms with E-state index in [0.717, 1.165) is 18.0 Å². The lowest BCUT2D eigenvalue weighted by Crippen LogP contribution is -2.12. The Morgan fingerprint density at radius 1 is 1.47 bits per heavy atom. The molecule has 0 aromatic heterocycles. The van der Waals surface area contributed by atoms with Gasteiger partial charge in [-0.25, -0.2) is 0 Å². The Balaban J connectivity index is 2.69. The van der Waals surface area contributed by atoms with Gasteiger partial charge < -0.3 is 10.5 Å². The van der Waals surface area contributed by atoms with Crippen LogP contribution in [0.3, 0.4) is 0 Å². The Labute approximate surface area is 96.2 Å². The summed E-state index contributed by atoms with van der Waals surface area (Å²) in [5.41, 5.74) is 8.11. The third-order valence-corrected chi connectivity index (χ3v) is 3.53. The first kappa shape index (κ1) is 12.4. The first-order valence-electron chi connectivity index (χ1n) is 5.12. The molecule has 15 heavy (non-hydrogen) atoms. The lowest BCUT2D eigenvalue weighted by molar-refractivity contribution is 0.411. The molecule has 0 fully saturated rings. The number of nitrogens with two attached hydrogens (primary N) is 1. The molecule has 0 aliphatic heterocycles. The summed E-state index contributed by atoms with van der Waals surface area (Å²) >= 11 is 1.86. The zero-order valence-electron chi connectivity index (χ0n) is 9.62. The molecule has 3 heteroatoms. The van der Waals surface area contributed by atoms with Crippen molar-refractivity contribution in [3.63, 3.8) is 0 Å². The molecular formula is C12H19NOS. The van der Waals surface area contributed by atoms with E-state index >= 15 is 0 Å². The number of hydrogen-bond acceptors (Lipinski definition) is 3. The Kier molecular flexibility index (Phi) is 4.99. The number of benzene rings is 1. The maximum absolute atomic E-state index is 5.58. The summed E-state index contributed by atoms with van der Waals surface area (Å²) in [5.74, 6) is 1.93. The smallest absolute Gasteiger partial charge is 0.122 e. The number of ether oxygens (including phenoxy) is 1. The average Bonchev–Trinajstić information content (AvgIpc) is 2.26. The van der Waals surface area contributed by atoms with Crippen molar-refractivity contribution < 1.29 is 4.74 Å². The van der Waals surface area contributed by atoms with Crippen molar-refractivity contribution in [2.24, 2.45) is 5.73 Å². The lowest BCUT2D eigenvalue weighted by atomic mass is 10.1. The molecule has 2 N–H and O–H groups in total. The molecule has 0 aliphatic rings. The molecule has 0 radical (unpaired) electrons. The quantitative estimate of drug-likeness (QED) is 0.836. The van der Waals surface area contributed by atoms with E-state index in [0.29, 0.717) is 5.25 Å². The van der Waals surface area contributed by atoms with Crippen molar-refractivity contribution in [3.05, 3.63) is 29.3 Å². The highest BCUT2D eigenvalue weighted by Gasteiger charge is 2.05. The van der Waals surface area contributed by atoms with Crippen LogP contribution in [0.4, 0.5) is 0 Å². The summed E-state index contributed by atoms with van der Waals surface area (Å²) in [5, 5.41) is 0.496. The molecular weight excluding hydrogens is 206 g/mol. The molecule has 1 aromatic rings. The Morgan fingerprint density at radius 3 is 2.80 bits per heavy atom. The van der Waals surface area contributed by atoms with Gasteiger partial charge in [0.15, 0.2) is 0 Å². The highest BCUT2D eigenvalue weighted by molar-refractivity contribution is 7.99. The van der Waals surface area contributed by atoms with Gasteiger partial charge in [-0.3, -0.25) is 0 Å². The van der Waals surface area contributed by atoms with Crippen LogP contribution in [0, 0.1) is 6.92 Å². The van der Waals surface area contributed by atoms with Gasteiger partial charge in [-0.2, -0.15) is 11.8 Å². The van der Waals surface area contributed by atoms with E-state index in [2.05, 4.69) is 26.0 Å². The van der Waals surface area contributed by atoms with E-state index in [1.807, 2.05) is 17.8 Å². The van der Waals surface area contributed by atoms with Crippen LogP contribution >= 0.6 is 11.8 Å². The van der Waals surface area contributed by atoms with Gasteiger partial charge in [0.05, 0.1) is 7.11 Å². The van der Waals surface area contributed by atoms with Gasteiger partial charge in [0.1, 0.15) is 5.75 Å². The van der Waals surface area contributed by atoms with Crippen LogP contribution in [0.5, 0.6) is 5.75 Å². The van der Waals surface area contributed by atoms with Crippen molar-refractivity contribution in [1.82, 2.24) is 0 Å². The fraction of sp³-hybridized carbons (Fsp3) is 0.500. The van der Waals surface area contributed by atoms with Crippen LogP contribution in [0.25, 0.3) is 0 Å². The normalized spacial score (nSPS) is 12.5. The predicted molar refractivity (Wildman–Crippen MR) is 67.5 cm³/mol. The molecule has 0 spiro atoms. The maximum atomic E-state index is 5.58. The third-order valence-electron chi connectivity index (χ3n) is 2.29. The van der Waals surface area contributed by atoms with E-state index in [4.69, 9.17) is 10.5 Å². The highest BCUT2D eigenvalue weighted by Crippen LogP contribution is 2.25. The van der Waals surface area contributed by atoms with Crippen LogP contribution in [0.2, 0.25) is 0 Å². The van der Waals surface area contributed by atoms with Crippen LogP contribution < -0.4 is 10.5 Å². The molecule has 1 rings (SSSR count). The maximum Gasteiger partial charge on any atom is 0.122 e. The molecule has 0 aliphatic carbocycles. The fourth-order valence-electron chi connectivity index (χ4n) is 1.32. The van der Waals surface area contributed by atoms with Gasteiger partial charge in [0.25, 0.3) is 0 Å². The van der Waals surface area contributed by atoms with Crippen LogP contribution in [-0.2, 0) is 5.75 Å². The average molecular weight is 225 g/mol. The molecule has 0 heterocycles. The van der Waals surface area contributed by atoms with Crippen molar-refractivity contribution in [3.8, 4) is 5.75 Å². The van der Waals surface area contributed by atoms with Gasteiger partial charge in [-0.15, -0.1) is 0 Å². The van der Waals surface area contributed by atoms with Crippen LogP contribution in [0.15, 0.2) is 18.2 Å². The van der Waals surface area contributed by atoms with Gasteiger partial charge in [0.2, 0.25) is 0 Å². The first-order valence-corrected chi connectivity index (χ1v) is 6.17. The van der Waals surface area contributed by atoms with E-state index in [1.165, 1.54) is 11.1 Å². The van der Waals surface area contributed by atoms with E-state index in [-0.39, 0.29) is 0 Å². The SMILES string of the molecule is COc1ccc(C)cc1CSC(C)CN. The summed E-state index contributed by atoms with van der Waals surface area (Å²) in [7, 11) is 1.71. The van der Waals surface area contributed by atoms with E-state index in [1.54, 1.807) is 7.11 Å². The molecule has 84 valence electrons. The predicted octanol–water partition coefficient (Wildman–Crippen LogP) is 2.58. The Hall–Kier alpha value is -0.670. The van der Waals surface area contributed by atoms with Gasteiger partial charge in [-0.05, 0) is 13.0 Å². The van der Waals surface area contributed by atoms with E-state index in [9.17, 15) is 0 Å². The molecule has 1 unspecified atom stereocenters. The second-order valence-electron chi connectivity index (χ2n) is 3.67. The molecule has 0 bridgehead atoms. The van der Waals surface area contributed by atoms with Gasteiger partial charge >= 0.3 is 0 Å². The largest absolute Gasteiger partial charge is 0.496 e. The second-order valence-corrected chi connectivity index (χ2v) is 5.10. The number of aryl methyl sites for hydroxylation is 1. The third kappa shape index (κ3) is 3.76. The van der Waals surface area contributed by atoms with E-state index < -0.39 is 0 Å². The molecule has 1 aromatic carbocycles. The number of methoxy groups -OCH3 is 1. The fourth-order valence-corrected chi connectivity index (χ4v) is 2.15. The van der Waals surface area contributed by atoms with Crippen LogP contribution in [-0.4, -0.2) is 18.9 Å². The van der Waals surface area contributed by atoms with Crippen molar-refractivity contribution in [1.29, 1.82) is 0 Å². The summed E-state index contributed by atoms with van der Waals surface area (Å²) < 4.78 is 5.32. The molecule has 1 atom stereocenters. The molecule has 0 saturated heterocycles. The standard InChI is InChI=1S/C12H19NOS/c1-9-4-5-12(14-3)11(6-9)8-15-10(2)7-13/h4-6,10H,7-8,13H2,1-3H3. The molecule has 2 nitrogen and oxygen atoms in total. The second kappa shape index (κ2) is 6.03. The zero-order valence-corrected chi connectivity index (χ0v) is 10.4. The lowest BCUT2D eigenvalue weighted by Gasteiger charge is -2.12. The monoisotopic (exact) mass is 225 g/mol. The van der Waals surface area contributed by atoms with Gasteiger partial charge in [-0.1, -0.05) is 24.6 Å². The van der Waals surface area contributed by atoms with Gasteiger partial charge in [0, 0.05) is 23.1 Å². The minimum atomic E-state index is 0.496. The number of hydrogen-bond donors (Lipinski definition) is 1. The number of rotatable bonds is 5. The Bertz CT molecular complexity index is 314. The zero-order chi connectivity index (χ0) is 11.3. The topological polar surface area (TPSA) is 35.2 Å². The Morgan fingerprint density at radius 2 is 2.20 bits per heavy atom. The van der Waals surface area contributed by atoms with Crippen LogP contribution in [0.1, 0.15) is 18.1 Å². The van der Waals surface area contributed by atoms with Crippen molar-refractivity contribution in [2.45, 2.75) is 24.9 Å². The summed E-state index contributed by atoms with van der Waals surface area (Å²) in [6.07, 6.45) is 0. The number of thioether (sulfide) groups is 1. The molecule has 0 amide bonds. The van der Waals surface area contributed by atoms with Crippen molar-refractivity contribution in [2.75, 3.05) is 13.7 Å². The summed E-state index contributed by atoms with van der Waals surface area (Å²) in [6, 6.07) is 6.27. The summed E-state index contributed by atoms with van der Waals surface area (Å²) in [6.45, 7) is 4.96.